The SMILES string of the molecule is COC1CC2(CCN3c4cc(OCc5cc(F)c(Oc6ccnc(C)c6)c(F)c5)nc(=O)n4CC3C2)C1. The van der Waals surface area contributed by atoms with E-state index in [2.05, 4.69) is 14.9 Å². The predicted octanol–water partition coefficient (Wildman–Crippen LogP) is 4.37. The van der Waals surface area contributed by atoms with Crippen molar-refractivity contribution in [3.63, 3.8) is 0 Å². The lowest BCUT2D eigenvalue weighted by atomic mass is 9.60. The third-order valence-electron chi connectivity index (χ3n) is 7.83. The van der Waals surface area contributed by atoms with Gasteiger partial charge < -0.3 is 19.1 Å². The number of hydrogen-bond donors (Lipinski definition) is 0. The number of anilines is 1. The first-order valence-electron chi connectivity index (χ1n) is 12.4. The molecule has 1 saturated carbocycles. The van der Waals surface area contributed by atoms with Gasteiger partial charge >= 0.3 is 5.69 Å². The monoisotopic (exact) mass is 510 g/mol. The Balaban J connectivity index is 1.15. The number of piperidine rings is 1. The maximum atomic E-state index is 14.7. The van der Waals surface area contributed by atoms with E-state index < -0.39 is 17.4 Å². The van der Waals surface area contributed by atoms with Gasteiger partial charge in [-0.25, -0.2) is 13.6 Å². The number of aromatic nitrogens is 3. The van der Waals surface area contributed by atoms with Gasteiger partial charge in [0.1, 0.15) is 18.2 Å². The van der Waals surface area contributed by atoms with Gasteiger partial charge in [0.05, 0.1) is 6.10 Å². The van der Waals surface area contributed by atoms with E-state index in [1.165, 1.54) is 12.3 Å². The van der Waals surface area contributed by atoms with E-state index >= 15 is 0 Å². The Morgan fingerprint density at radius 2 is 1.92 bits per heavy atom. The summed E-state index contributed by atoms with van der Waals surface area (Å²) < 4.78 is 47.6. The van der Waals surface area contributed by atoms with Crippen molar-refractivity contribution in [2.75, 3.05) is 18.6 Å². The van der Waals surface area contributed by atoms with Crippen LogP contribution in [0, 0.1) is 24.0 Å². The van der Waals surface area contributed by atoms with Gasteiger partial charge in [-0.05, 0) is 61.8 Å². The van der Waals surface area contributed by atoms with Crippen molar-refractivity contribution < 1.29 is 23.0 Å². The summed E-state index contributed by atoms with van der Waals surface area (Å²) in [5.41, 5.74) is 0.846. The number of pyridine rings is 1. The fourth-order valence-corrected chi connectivity index (χ4v) is 5.98. The molecule has 0 N–H and O–H groups in total. The second kappa shape index (κ2) is 9.09. The summed E-state index contributed by atoms with van der Waals surface area (Å²) in [5.74, 6) is -1.01. The van der Waals surface area contributed by atoms with Gasteiger partial charge in [-0.15, -0.1) is 0 Å². The number of rotatable bonds is 6. The lowest BCUT2D eigenvalue weighted by molar-refractivity contribution is -0.0764. The van der Waals surface area contributed by atoms with Crippen LogP contribution in [0.3, 0.4) is 0 Å². The third-order valence-corrected chi connectivity index (χ3v) is 7.83. The van der Waals surface area contributed by atoms with E-state index in [9.17, 15) is 13.6 Å². The fraction of sp³-hybridized carbons (Fsp3) is 0.444. The first-order chi connectivity index (χ1) is 17.8. The minimum absolute atomic E-state index is 0.133. The second-order valence-corrected chi connectivity index (χ2v) is 10.3. The summed E-state index contributed by atoms with van der Waals surface area (Å²) >= 11 is 0. The Morgan fingerprint density at radius 3 is 2.65 bits per heavy atom. The van der Waals surface area contributed by atoms with Crippen molar-refractivity contribution in [3.05, 3.63) is 69.9 Å². The molecule has 1 unspecified atom stereocenters. The van der Waals surface area contributed by atoms with Crippen LogP contribution in [0.4, 0.5) is 14.6 Å². The number of hydrogen-bond acceptors (Lipinski definition) is 7. The van der Waals surface area contributed by atoms with Crippen LogP contribution >= 0.6 is 0 Å². The molecule has 194 valence electrons. The molecule has 3 aliphatic rings. The van der Waals surface area contributed by atoms with Crippen molar-refractivity contribution >= 4 is 5.82 Å². The summed E-state index contributed by atoms with van der Waals surface area (Å²) in [5, 5.41) is 0. The molecule has 2 aromatic heterocycles. The lowest BCUT2D eigenvalue weighted by Crippen LogP contribution is -2.53. The molecule has 0 amide bonds. The van der Waals surface area contributed by atoms with Crippen molar-refractivity contribution in [1.82, 2.24) is 14.5 Å². The third kappa shape index (κ3) is 4.43. The zero-order valence-electron chi connectivity index (χ0n) is 20.7. The Labute approximate surface area is 212 Å². The van der Waals surface area contributed by atoms with Gasteiger partial charge in [-0.1, -0.05) is 0 Å². The van der Waals surface area contributed by atoms with Crippen LogP contribution < -0.4 is 20.1 Å². The quantitative estimate of drug-likeness (QED) is 0.487. The molecule has 6 rings (SSSR count). The van der Waals surface area contributed by atoms with Crippen LogP contribution in [0.1, 0.15) is 36.9 Å². The molecular formula is C27H28F2N4O4. The van der Waals surface area contributed by atoms with Crippen LogP contribution in [0.2, 0.25) is 0 Å². The van der Waals surface area contributed by atoms with E-state index in [4.69, 9.17) is 14.2 Å². The van der Waals surface area contributed by atoms with Crippen molar-refractivity contribution in [1.29, 1.82) is 0 Å². The van der Waals surface area contributed by atoms with E-state index in [1.807, 2.05) is 0 Å². The normalized spacial score (nSPS) is 23.9. The highest BCUT2D eigenvalue weighted by Crippen LogP contribution is 2.53. The first kappa shape index (κ1) is 23.8. The maximum Gasteiger partial charge on any atom is 0.352 e. The molecule has 2 fully saturated rings. The minimum atomic E-state index is -0.855. The largest absolute Gasteiger partial charge is 0.473 e. The van der Waals surface area contributed by atoms with Gasteiger partial charge in [-0.2, -0.15) is 4.98 Å². The Hall–Kier alpha value is -3.53. The maximum absolute atomic E-state index is 14.7. The van der Waals surface area contributed by atoms with Crippen molar-refractivity contribution in [3.8, 4) is 17.4 Å². The van der Waals surface area contributed by atoms with Gasteiger partial charge in [0, 0.05) is 50.3 Å². The van der Waals surface area contributed by atoms with Gasteiger partial charge in [0.25, 0.3) is 0 Å². The molecule has 0 bridgehead atoms. The molecule has 1 spiro atoms. The smallest absolute Gasteiger partial charge is 0.352 e. The number of nitrogens with zero attached hydrogens (tertiary/aromatic N) is 4. The molecule has 1 aliphatic carbocycles. The van der Waals surface area contributed by atoms with E-state index in [1.54, 1.807) is 30.7 Å². The number of fused-ring (bicyclic) bond motifs is 3. The van der Waals surface area contributed by atoms with Crippen molar-refractivity contribution in [2.24, 2.45) is 5.41 Å². The van der Waals surface area contributed by atoms with Gasteiger partial charge in [0.2, 0.25) is 5.88 Å². The van der Waals surface area contributed by atoms with Gasteiger partial charge in [0.15, 0.2) is 17.4 Å². The van der Waals surface area contributed by atoms with E-state index in [-0.39, 0.29) is 35.5 Å². The molecule has 37 heavy (non-hydrogen) atoms. The Bertz CT molecular complexity index is 1380. The summed E-state index contributed by atoms with van der Waals surface area (Å²) in [6.07, 6.45) is 6.08. The highest BCUT2D eigenvalue weighted by atomic mass is 19.1. The average molecular weight is 511 g/mol. The summed E-state index contributed by atoms with van der Waals surface area (Å²) in [4.78, 5) is 23.1. The zero-order chi connectivity index (χ0) is 25.7. The summed E-state index contributed by atoms with van der Waals surface area (Å²) in [7, 11) is 1.76. The molecule has 10 heteroatoms. The minimum Gasteiger partial charge on any atom is -0.473 e. The summed E-state index contributed by atoms with van der Waals surface area (Å²) in [6, 6.07) is 7.40. The number of aryl methyl sites for hydroxylation is 1. The molecule has 2 aliphatic heterocycles. The highest BCUT2D eigenvalue weighted by molar-refractivity contribution is 5.48. The van der Waals surface area contributed by atoms with Crippen LogP contribution in [0.5, 0.6) is 17.4 Å². The van der Waals surface area contributed by atoms with E-state index in [0.717, 1.165) is 50.2 Å². The molecule has 4 heterocycles. The molecule has 3 aromatic rings. The van der Waals surface area contributed by atoms with Crippen LogP contribution in [-0.2, 0) is 17.9 Å². The van der Waals surface area contributed by atoms with E-state index in [0.29, 0.717) is 23.8 Å². The average Bonchev–Trinajstić information content (AvgIpc) is 3.21. The number of benzene rings is 1. The Kier molecular flexibility index (Phi) is 5.86. The number of ether oxygens (including phenoxy) is 3. The van der Waals surface area contributed by atoms with Crippen LogP contribution in [-0.4, -0.2) is 40.3 Å². The lowest BCUT2D eigenvalue weighted by Gasteiger charge is -2.53. The predicted molar refractivity (Wildman–Crippen MR) is 131 cm³/mol. The van der Waals surface area contributed by atoms with Crippen LogP contribution in [0.15, 0.2) is 41.3 Å². The number of halogens is 2. The van der Waals surface area contributed by atoms with Crippen molar-refractivity contribution in [2.45, 2.75) is 57.9 Å². The summed E-state index contributed by atoms with van der Waals surface area (Å²) in [6.45, 7) is 3.07. The number of methoxy groups -OCH3 is 1. The topological polar surface area (TPSA) is 78.7 Å². The first-order valence-corrected chi connectivity index (χ1v) is 12.4. The molecule has 1 atom stereocenters. The molecule has 0 radical (unpaired) electrons. The van der Waals surface area contributed by atoms with Gasteiger partial charge in [-0.3, -0.25) is 9.55 Å². The second-order valence-electron chi connectivity index (χ2n) is 10.3. The molecular weight excluding hydrogens is 482 g/mol. The van der Waals surface area contributed by atoms with Crippen LogP contribution in [0.25, 0.3) is 0 Å². The molecule has 1 aromatic carbocycles. The fourth-order valence-electron chi connectivity index (χ4n) is 5.98. The molecule has 8 nitrogen and oxygen atoms in total. The standard InChI is InChI=1S/C27H28F2N4O4/c1-16-7-19(3-5-30-16)37-25-21(28)8-17(9-22(25)29)15-36-23-10-24-32-6-4-27(12-20(13-27)35-2)11-18(32)14-33(24)26(34)31-23/h3,5,7-10,18,20H,4,6,11-15H2,1-2H3. The Morgan fingerprint density at radius 1 is 1.14 bits per heavy atom. The molecule has 1 saturated heterocycles. The zero-order valence-corrected chi connectivity index (χ0v) is 20.7. The highest BCUT2D eigenvalue weighted by Gasteiger charge is 2.50.